The van der Waals surface area contributed by atoms with Gasteiger partial charge in [0.25, 0.3) is 0 Å². The zero-order valence-corrected chi connectivity index (χ0v) is 18.7. The first-order chi connectivity index (χ1) is 14.4. The molecule has 1 heterocycles. The van der Waals surface area contributed by atoms with Gasteiger partial charge in [0.15, 0.2) is 5.11 Å². The number of para-hydroxylation sites is 1. The summed E-state index contributed by atoms with van der Waals surface area (Å²) in [5.41, 5.74) is 5.03. The van der Waals surface area contributed by atoms with E-state index in [2.05, 4.69) is 17.6 Å². The molecule has 0 unspecified atom stereocenters. The second-order valence-electron chi connectivity index (χ2n) is 6.91. The third-order valence-electron chi connectivity index (χ3n) is 4.70. The van der Waals surface area contributed by atoms with Crippen molar-refractivity contribution in [3.05, 3.63) is 82.1 Å². The third-order valence-corrected chi connectivity index (χ3v) is 5.31. The maximum absolute atomic E-state index is 12.2. The molecule has 0 atom stereocenters. The number of hydrogen-bond donors (Lipinski definition) is 2. The number of benzene rings is 2. The van der Waals surface area contributed by atoms with Gasteiger partial charge in [-0.05, 0) is 73.5 Å². The number of anilines is 1. The molecule has 2 aromatic carbocycles. The van der Waals surface area contributed by atoms with E-state index in [1.807, 2.05) is 56.3 Å². The number of nitrogens with one attached hydrogen (secondary N) is 2. The van der Waals surface area contributed by atoms with E-state index in [9.17, 15) is 4.79 Å². The van der Waals surface area contributed by atoms with E-state index in [1.54, 1.807) is 12.1 Å². The SMILES string of the molecule is CCc1cccc(C)c1NC(=S)NC(=O)/C=C/c1ccc(-c2ccc(C)c(Cl)c2)o1. The number of hydrogen-bond acceptors (Lipinski definition) is 3. The first-order valence-electron chi connectivity index (χ1n) is 9.62. The van der Waals surface area contributed by atoms with Crippen LogP contribution in [0.1, 0.15) is 29.4 Å². The molecule has 1 aromatic heterocycles. The van der Waals surface area contributed by atoms with Gasteiger partial charge in [0.05, 0.1) is 0 Å². The van der Waals surface area contributed by atoms with Gasteiger partial charge in [0.2, 0.25) is 5.91 Å². The number of carbonyl (C=O) groups is 1. The standard InChI is InChI=1S/C24H23ClN2O2S/c1-4-17-7-5-6-16(3)23(17)27-24(30)26-22(28)13-11-19-10-12-21(29-19)18-9-8-15(2)20(25)14-18/h5-14H,4H2,1-3H3,(H2,26,27,28,30)/b13-11+. The minimum atomic E-state index is -0.338. The van der Waals surface area contributed by atoms with Crippen LogP contribution in [0, 0.1) is 13.8 Å². The normalized spacial score (nSPS) is 10.9. The Balaban J connectivity index is 1.62. The van der Waals surface area contributed by atoms with Crippen molar-refractivity contribution in [3.8, 4) is 11.3 Å². The van der Waals surface area contributed by atoms with Crippen molar-refractivity contribution in [2.24, 2.45) is 0 Å². The van der Waals surface area contributed by atoms with Gasteiger partial charge in [0.1, 0.15) is 11.5 Å². The van der Waals surface area contributed by atoms with Crippen LogP contribution in [0.5, 0.6) is 0 Å². The summed E-state index contributed by atoms with van der Waals surface area (Å²) >= 11 is 11.5. The van der Waals surface area contributed by atoms with E-state index in [1.165, 1.54) is 6.08 Å². The largest absolute Gasteiger partial charge is 0.457 e. The van der Waals surface area contributed by atoms with E-state index in [-0.39, 0.29) is 11.0 Å². The third kappa shape index (κ3) is 5.38. The molecule has 4 nitrogen and oxygen atoms in total. The van der Waals surface area contributed by atoms with Crippen LogP contribution in [0.3, 0.4) is 0 Å². The van der Waals surface area contributed by atoms with Gasteiger partial charge in [-0.25, -0.2) is 0 Å². The molecule has 3 aromatic rings. The lowest BCUT2D eigenvalue weighted by Gasteiger charge is -2.14. The van der Waals surface area contributed by atoms with Crippen LogP contribution in [0.25, 0.3) is 17.4 Å². The quantitative estimate of drug-likeness (QED) is 0.362. The van der Waals surface area contributed by atoms with E-state index < -0.39 is 0 Å². The van der Waals surface area contributed by atoms with Crippen molar-refractivity contribution in [2.75, 3.05) is 5.32 Å². The Hall–Kier alpha value is -2.89. The molecule has 6 heteroatoms. The molecule has 0 aliphatic rings. The molecule has 30 heavy (non-hydrogen) atoms. The van der Waals surface area contributed by atoms with Crippen LogP contribution < -0.4 is 10.6 Å². The molecule has 154 valence electrons. The summed E-state index contributed by atoms with van der Waals surface area (Å²) < 4.78 is 5.79. The summed E-state index contributed by atoms with van der Waals surface area (Å²) in [5.74, 6) is 0.902. The zero-order valence-electron chi connectivity index (χ0n) is 17.1. The number of thiocarbonyl (C=S) groups is 1. The van der Waals surface area contributed by atoms with Crippen LogP contribution in [0.15, 0.2) is 59.0 Å². The molecule has 1 amide bonds. The van der Waals surface area contributed by atoms with Gasteiger partial charge in [-0.3, -0.25) is 10.1 Å². The summed E-state index contributed by atoms with van der Waals surface area (Å²) in [4.78, 5) is 12.2. The molecular weight excluding hydrogens is 416 g/mol. The summed E-state index contributed by atoms with van der Waals surface area (Å²) in [6.45, 7) is 6.02. The lowest BCUT2D eigenvalue weighted by atomic mass is 10.1. The number of halogens is 1. The summed E-state index contributed by atoms with van der Waals surface area (Å²) in [7, 11) is 0. The fourth-order valence-electron chi connectivity index (χ4n) is 3.00. The van der Waals surface area contributed by atoms with Crippen molar-refractivity contribution in [1.82, 2.24) is 5.32 Å². The van der Waals surface area contributed by atoms with Gasteiger partial charge in [-0.2, -0.15) is 0 Å². The second kappa shape index (κ2) is 9.74. The number of amides is 1. The highest BCUT2D eigenvalue weighted by Gasteiger charge is 2.09. The highest BCUT2D eigenvalue weighted by atomic mass is 35.5. The molecule has 3 rings (SSSR count). The molecule has 0 saturated carbocycles. The van der Waals surface area contributed by atoms with E-state index in [4.69, 9.17) is 28.2 Å². The topological polar surface area (TPSA) is 54.3 Å². The Morgan fingerprint density at radius 1 is 1.13 bits per heavy atom. The molecule has 0 saturated heterocycles. The number of aryl methyl sites for hydroxylation is 3. The highest BCUT2D eigenvalue weighted by molar-refractivity contribution is 7.80. The lowest BCUT2D eigenvalue weighted by Crippen LogP contribution is -2.33. The number of rotatable bonds is 5. The predicted molar refractivity (Wildman–Crippen MR) is 128 cm³/mol. The Morgan fingerprint density at radius 2 is 1.93 bits per heavy atom. The average molecular weight is 439 g/mol. The fourth-order valence-corrected chi connectivity index (χ4v) is 3.39. The first-order valence-corrected chi connectivity index (χ1v) is 10.4. The molecule has 0 spiro atoms. The summed E-state index contributed by atoms with van der Waals surface area (Å²) in [6.07, 6.45) is 3.85. The van der Waals surface area contributed by atoms with E-state index in [0.717, 1.165) is 34.4 Å². The zero-order chi connectivity index (χ0) is 21.7. The van der Waals surface area contributed by atoms with Crippen LogP contribution >= 0.6 is 23.8 Å². The van der Waals surface area contributed by atoms with Crippen molar-refractivity contribution >= 4 is 46.6 Å². The van der Waals surface area contributed by atoms with Crippen LogP contribution in [0.4, 0.5) is 5.69 Å². The van der Waals surface area contributed by atoms with Crippen LogP contribution in [-0.4, -0.2) is 11.0 Å². The molecule has 0 aliphatic heterocycles. The van der Waals surface area contributed by atoms with E-state index in [0.29, 0.717) is 16.5 Å². The van der Waals surface area contributed by atoms with Gasteiger partial charge in [-0.1, -0.05) is 48.9 Å². The van der Waals surface area contributed by atoms with Gasteiger partial charge < -0.3 is 9.73 Å². The second-order valence-corrected chi connectivity index (χ2v) is 7.72. The highest BCUT2D eigenvalue weighted by Crippen LogP contribution is 2.27. The minimum absolute atomic E-state index is 0.253. The van der Waals surface area contributed by atoms with Crippen molar-refractivity contribution < 1.29 is 9.21 Å². The van der Waals surface area contributed by atoms with Gasteiger partial charge in [0, 0.05) is 22.3 Å². The minimum Gasteiger partial charge on any atom is -0.457 e. The first kappa shape index (κ1) is 21.8. The van der Waals surface area contributed by atoms with Crippen LogP contribution in [0.2, 0.25) is 5.02 Å². The Labute approximate surface area is 186 Å². The fraction of sp³-hybridized carbons (Fsp3) is 0.167. The lowest BCUT2D eigenvalue weighted by molar-refractivity contribution is -0.115. The Kier molecular flexibility index (Phi) is 7.08. The molecular formula is C24H23ClN2O2S. The predicted octanol–water partition coefficient (Wildman–Crippen LogP) is 6.31. The summed E-state index contributed by atoms with van der Waals surface area (Å²) in [5, 5.41) is 6.72. The molecule has 0 aliphatic carbocycles. The van der Waals surface area contributed by atoms with Crippen LogP contribution in [-0.2, 0) is 11.2 Å². The maximum Gasteiger partial charge on any atom is 0.250 e. The molecule has 0 fully saturated rings. The van der Waals surface area contributed by atoms with E-state index >= 15 is 0 Å². The van der Waals surface area contributed by atoms with Gasteiger partial charge in [-0.15, -0.1) is 0 Å². The Morgan fingerprint density at radius 3 is 2.67 bits per heavy atom. The molecule has 0 bridgehead atoms. The summed E-state index contributed by atoms with van der Waals surface area (Å²) in [6, 6.07) is 15.4. The maximum atomic E-state index is 12.2. The van der Waals surface area contributed by atoms with Gasteiger partial charge >= 0.3 is 0 Å². The number of furan rings is 1. The molecule has 0 radical (unpaired) electrons. The van der Waals surface area contributed by atoms with Crippen molar-refractivity contribution in [3.63, 3.8) is 0 Å². The molecule has 2 N–H and O–H groups in total. The van der Waals surface area contributed by atoms with Crippen molar-refractivity contribution in [1.29, 1.82) is 0 Å². The number of carbonyl (C=O) groups excluding carboxylic acids is 1. The Bertz CT molecular complexity index is 1120. The smallest absolute Gasteiger partial charge is 0.250 e. The average Bonchev–Trinajstić information content (AvgIpc) is 3.19. The monoisotopic (exact) mass is 438 g/mol. The van der Waals surface area contributed by atoms with Crippen molar-refractivity contribution in [2.45, 2.75) is 27.2 Å².